The van der Waals surface area contributed by atoms with E-state index in [1.54, 1.807) is 14.0 Å². The molecule has 0 amide bonds. The number of aliphatic hydroxyl groups is 2. The van der Waals surface area contributed by atoms with Gasteiger partial charge in [-0.1, -0.05) is 18.2 Å². The molecule has 0 aliphatic rings. The molecule has 0 heterocycles. The first kappa shape index (κ1) is 15.0. The summed E-state index contributed by atoms with van der Waals surface area (Å²) in [4.78, 5) is 0. The zero-order valence-corrected chi connectivity index (χ0v) is 11.3. The van der Waals surface area contributed by atoms with E-state index in [1.165, 1.54) is 0 Å². The van der Waals surface area contributed by atoms with Crippen molar-refractivity contribution in [2.24, 2.45) is 0 Å². The fraction of sp³-hybridized carbons (Fsp3) is 0.571. The first-order chi connectivity index (χ1) is 8.48. The van der Waals surface area contributed by atoms with Crippen LogP contribution in [0.1, 0.15) is 19.4 Å². The van der Waals surface area contributed by atoms with Gasteiger partial charge in [-0.2, -0.15) is 0 Å². The van der Waals surface area contributed by atoms with Gasteiger partial charge < -0.3 is 20.3 Å². The van der Waals surface area contributed by atoms with Gasteiger partial charge in [-0.05, 0) is 31.9 Å². The lowest BCUT2D eigenvalue weighted by Gasteiger charge is -2.24. The Hall–Kier alpha value is -1.10. The van der Waals surface area contributed by atoms with Crippen molar-refractivity contribution in [1.29, 1.82) is 0 Å². The van der Waals surface area contributed by atoms with Crippen LogP contribution < -0.4 is 10.1 Å². The maximum atomic E-state index is 9.70. The molecule has 0 aromatic heterocycles. The fourth-order valence-corrected chi connectivity index (χ4v) is 1.72. The highest BCUT2D eigenvalue weighted by Gasteiger charge is 2.19. The van der Waals surface area contributed by atoms with E-state index < -0.39 is 5.60 Å². The molecule has 0 bridgehead atoms. The molecule has 0 radical (unpaired) electrons. The van der Waals surface area contributed by atoms with Gasteiger partial charge in [0, 0.05) is 12.6 Å². The van der Waals surface area contributed by atoms with Gasteiger partial charge in [0.25, 0.3) is 0 Å². The average Bonchev–Trinajstić information content (AvgIpc) is 2.37. The smallest absolute Gasteiger partial charge is 0.122 e. The summed E-state index contributed by atoms with van der Waals surface area (Å²) >= 11 is 0. The molecule has 0 fully saturated rings. The van der Waals surface area contributed by atoms with Crippen LogP contribution in [0.25, 0.3) is 0 Å². The number of rotatable bonds is 7. The molecule has 0 saturated heterocycles. The highest BCUT2D eigenvalue weighted by molar-refractivity contribution is 5.33. The van der Waals surface area contributed by atoms with Crippen LogP contribution >= 0.6 is 0 Å². The Kier molecular flexibility index (Phi) is 5.59. The molecule has 1 aromatic rings. The third-order valence-electron chi connectivity index (χ3n) is 2.89. The van der Waals surface area contributed by atoms with E-state index in [4.69, 9.17) is 9.84 Å². The predicted molar refractivity (Wildman–Crippen MR) is 71.9 cm³/mol. The van der Waals surface area contributed by atoms with E-state index >= 15 is 0 Å². The van der Waals surface area contributed by atoms with E-state index in [1.807, 2.05) is 31.2 Å². The van der Waals surface area contributed by atoms with E-state index in [0.29, 0.717) is 6.54 Å². The molecule has 0 aliphatic heterocycles. The number of nitrogens with one attached hydrogen (secondary N) is 1. The van der Waals surface area contributed by atoms with Crippen molar-refractivity contribution in [2.75, 3.05) is 20.3 Å². The molecule has 1 aromatic carbocycles. The van der Waals surface area contributed by atoms with Crippen LogP contribution in [-0.2, 0) is 6.42 Å². The van der Waals surface area contributed by atoms with E-state index in [9.17, 15) is 5.11 Å². The fourth-order valence-electron chi connectivity index (χ4n) is 1.72. The number of para-hydroxylation sites is 1. The van der Waals surface area contributed by atoms with Crippen LogP contribution in [0.3, 0.4) is 0 Å². The number of aliphatic hydroxyl groups excluding tert-OH is 1. The maximum absolute atomic E-state index is 9.70. The number of hydrogen-bond acceptors (Lipinski definition) is 4. The lowest BCUT2D eigenvalue weighted by molar-refractivity contribution is 0.00111. The molecule has 18 heavy (non-hydrogen) atoms. The van der Waals surface area contributed by atoms with E-state index in [-0.39, 0.29) is 12.6 Å². The Balaban J connectivity index is 2.52. The SMILES string of the molecule is COc1ccccc1CC(C)NCC(C)(O)CO. The first-order valence-corrected chi connectivity index (χ1v) is 6.17. The van der Waals surface area contributed by atoms with Crippen LogP contribution in [-0.4, -0.2) is 42.1 Å². The zero-order chi connectivity index (χ0) is 13.6. The third-order valence-corrected chi connectivity index (χ3v) is 2.89. The van der Waals surface area contributed by atoms with Gasteiger partial charge in [0.2, 0.25) is 0 Å². The molecule has 2 unspecified atom stereocenters. The second kappa shape index (κ2) is 6.73. The molecule has 2 atom stereocenters. The molecule has 0 spiro atoms. The van der Waals surface area contributed by atoms with Crippen LogP contribution in [0.5, 0.6) is 5.75 Å². The Morgan fingerprint density at radius 1 is 1.39 bits per heavy atom. The van der Waals surface area contributed by atoms with Gasteiger partial charge in [0.15, 0.2) is 0 Å². The Bertz CT molecular complexity index is 366. The molecule has 4 nitrogen and oxygen atoms in total. The normalized spacial score (nSPS) is 16.1. The Morgan fingerprint density at radius 2 is 2.06 bits per heavy atom. The molecule has 0 saturated carbocycles. The lowest BCUT2D eigenvalue weighted by Crippen LogP contribution is -2.44. The summed E-state index contributed by atoms with van der Waals surface area (Å²) in [7, 11) is 1.66. The number of hydrogen-bond donors (Lipinski definition) is 3. The van der Waals surface area contributed by atoms with Crippen molar-refractivity contribution in [3.05, 3.63) is 29.8 Å². The van der Waals surface area contributed by atoms with Crippen molar-refractivity contribution in [3.8, 4) is 5.75 Å². The molecule has 0 aliphatic carbocycles. The first-order valence-electron chi connectivity index (χ1n) is 6.17. The molecular weight excluding hydrogens is 230 g/mol. The van der Waals surface area contributed by atoms with Gasteiger partial charge in [-0.3, -0.25) is 0 Å². The number of methoxy groups -OCH3 is 1. The van der Waals surface area contributed by atoms with Crippen LogP contribution in [0.15, 0.2) is 24.3 Å². The minimum absolute atomic E-state index is 0.194. The molecule has 3 N–H and O–H groups in total. The summed E-state index contributed by atoms with van der Waals surface area (Å²) in [5.74, 6) is 0.875. The summed E-state index contributed by atoms with van der Waals surface area (Å²) in [5, 5.41) is 21.9. The highest BCUT2D eigenvalue weighted by atomic mass is 16.5. The summed E-state index contributed by atoms with van der Waals surface area (Å²) in [5.41, 5.74) is 0.0540. The monoisotopic (exact) mass is 253 g/mol. The standard InChI is InChI=1S/C14H23NO3/c1-11(15-9-14(2,17)10-16)8-12-6-4-5-7-13(12)18-3/h4-7,11,15-17H,8-10H2,1-3H3. The second-order valence-corrected chi connectivity index (χ2v) is 4.95. The Morgan fingerprint density at radius 3 is 2.67 bits per heavy atom. The van der Waals surface area contributed by atoms with Crippen LogP contribution in [0, 0.1) is 0 Å². The third kappa shape index (κ3) is 4.64. The minimum Gasteiger partial charge on any atom is -0.496 e. The number of ether oxygens (including phenoxy) is 1. The maximum Gasteiger partial charge on any atom is 0.122 e. The summed E-state index contributed by atoms with van der Waals surface area (Å²) < 4.78 is 5.30. The highest BCUT2D eigenvalue weighted by Crippen LogP contribution is 2.18. The van der Waals surface area contributed by atoms with Crippen LogP contribution in [0.2, 0.25) is 0 Å². The van der Waals surface area contributed by atoms with E-state index in [2.05, 4.69) is 5.32 Å². The minimum atomic E-state index is -1.07. The van der Waals surface area contributed by atoms with Gasteiger partial charge >= 0.3 is 0 Å². The van der Waals surface area contributed by atoms with Gasteiger partial charge in [-0.15, -0.1) is 0 Å². The predicted octanol–water partition coefficient (Wildman–Crippen LogP) is 0.959. The summed E-state index contributed by atoms with van der Waals surface area (Å²) in [6.07, 6.45) is 0.811. The quantitative estimate of drug-likeness (QED) is 0.677. The zero-order valence-electron chi connectivity index (χ0n) is 11.3. The van der Waals surface area contributed by atoms with Gasteiger partial charge in [0.1, 0.15) is 5.75 Å². The van der Waals surface area contributed by atoms with Gasteiger partial charge in [0.05, 0.1) is 19.3 Å². The molecular formula is C14H23NO3. The van der Waals surface area contributed by atoms with E-state index in [0.717, 1.165) is 17.7 Å². The summed E-state index contributed by atoms with van der Waals surface area (Å²) in [6.45, 7) is 3.76. The number of benzene rings is 1. The topological polar surface area (TPSA) is 61.7 Å². The second-order valence-electron chi connectivity index (χ2n) is 4.95. The molecule has 102 valence electrons. The van der Waals surface area contributed by atoms with Crippen molar-refractivity contribution >= 4 is 0 Å². The van der Waals surface area contributed by atoms with Crippen molar-refractivity contribution in [2.45, 2.75) is 31.9 Å². The van der Waals surface area contributed by atoms with Crippen molar-refractivity contribution < 1.29 is 14.9 Å². The van der Waals surface area contributed by atoms with Gasteiger partial charge in [-0.25, -0.2) is 0 Å². The molecule has 4 heteroatoms. The summed E-state index contributed by atoms with van der Waals surface area (Å²) in [6, 6.07) is 8.08. The van der Waals surface area contributed by atoms with Crippen molar-refractivity contribution in [3.63, 3.8) is 0 Å². The van der Waals surface area contributed by atoms with Crippen molar-refractivity contribution in [1.82, 2.24) is 5.32 Å². The lowest BCUT2D eigenvalue weighted by atomic mass is 10.0. The van der Waals surface area contributed by atoms with Crippen LogP contribution in [0.4, 0.5) is 0 Å². The Labute approximate surface area is 109 Å². The molecule has 1 rings (SSSR count). The average molecular weight is 253 g/mol. The largest absolute Gasteiger partial charge is 0.496 e.